The highest BCUT2D eigenvalue weighted by atomic mass is 35.5. The average Bonchev–Trinajstić information content (AvgIpc) is 2.94. The highest BCUT2D eigenvalue weighted by molar-refractivity contribution is 7.92. The molecule has 0 heterocycles. The molecule has 3 aromatic rings. The third-order valence-corrected chi connectivity index (χ3v) is 8.55. The molecule has 0 aliphatic carbocycles. The van der Waals surface area contributed by atoms with Gasteiger partial charge in [-0.3, -0.25) is 13.9 Å². The van der Waals surface area contributed by atoms with E-state index in [-0.39, 0.29) is 22.9 Å². The molecule has 3 aromatic carbocycles. The van der Waals surface area contributed by atoms with Crippen molar-refractivity contribution in [3.8, 4) is 11.5 Å². The molecule has 0 aliphatic heterocycles. The second-order valence-electron chi connectivity index (χ2n) is 8.37. The van der Waals surface area contributed by atoms with Crippen LogP contribution in [-0.4, -0.2) is 59.0 Å². The van der Waals surface area contributed by atoms with Gasteiger partial charge in [-0.2, -0.15) is 0 Å². The monoisotopic (exact) mass is 593 g/mol. The second-order valence-corrected chi connectivity index (χ2v) is 11.1. The topological polar surface area (TPSA) is 105 Å². The lowest BCUT2D eigenvalue weighted by atomic mass is 10.1. The summed E-state index contributed by atoms with van der Waals surface area (Å²) in [5.74, 6) is -0.581. The van der Waals surface area contributed by atoms with Gasteiger partial charge in [0.05, 0.1) is 24.8 Å². The first-order chi connectivity index (χ1) is 18.5. The molecule has 39 heavy (non-hydrogen) atoms. The van der Waals surface area contributed by atoms with Crippen LogP contribution in [0.4, 0.5) is 5.69 Å². The molecule has 9 nitrogen and oxygen atoms in total. The number of ether oxygens (including phenoxy) is 2. The molecule has 2 amide bonds. The van der Waals surface area contributed by atoms with E-state index in [4.69, 9.17) is 32.7 Å². The van der Waals surface area contributed by atoms with Crippen LogP contribution in [-0.2, 0) is 26.2 Å². The molecular formula is C27H29Cl2N3O6S. The Hall–Kier alpha value is -3.47. The lowest BCUT2D eigenvalue weighted by molar-refractivity contribution is -0.139. The minimum absolute atomic E-state index is 0.0391. The minimum Gasteiger partial charge on any atom is -0.497 e. The van der Waals surface area contributed by atoms with E-state index in [1.165, 1.54) is 51.3 Å². The van der Waals surface area contributed by atoms with E-state index in [1.807, 2.05) is 0 Å². The van der Waals surface area contributed by atoms with Crippen LogP contribution in [0, 0.1) is 0 Å². The molecule has 0 saturated heterocycles. The Bertz CT molecular complexity index is 1420. The Morgan fingerprint density at radius 2 is 1.59 bits per heavy atom. The predicted molar refractivity (Wildman–Crippen MR) is 151 cm³/mol. The number of nitrogens with zero attached hydrogens (tertiary/aromatic N) is 2. The Balaban J connectivity index is 2.15. The van der Waals surface area contributed by atoms with Gasteiger partial charge in [-0.1, -0.05) is 47.5 Å². The fourth-order valence-corrected chi connectivity index (χ4v) is 5.82. The van der Waals surface area contributed by atoms with Crippen LogP contribution in [0.3, 0.4) is 0 Å². The summed E-state index contributed by atoms with van der Waals surface area (Å²) in [4.78, 5) is 27.8. The van der Waals surface area contributed by atoms with E-state index in [1.54, 1.807) is 48.5 Å². The van der Waals surface area contributed by atoms with Gasteiger partial charge < -0.3 is 19.7 Å². The van der Waals surface area contributed by atoms with Crippen molar-refractivity contribution >= 4 is 50.7 Å². The van der Waals surface area contributed by atoms with Gasteiger partial charge in [0, 0.05) is 35.3 Å². The van der Waals surface area contributed by atoms with Crippen LogP contribution in [0.5, 0.6) is 11.5 Å². The number of hydrogen-bond donors (Lipinski definition) is 1. The first kappa shape index (κ1) is 30.1. The van der Waals surface area contributed by atoms with Gasteiger partial charge >= 0.3 is 0 Å². The summed E-state index contributed by atoms with van der Waals surface area (Å²) in [5.41, 5.74) is 0.499. The van der Waals surface area contributed by atoms with Crippen LogP contribution in [0.1, 0.15) is 12.5 Å². The average molecular weight is 595 g/mol. The fraction of sp³-hybridized carbons (Fsp3) is 0.259. The van der Waals surface area contributed by atoms with Crippen molar-refractivity contribution in [1.82, 2.24) is 10.2 Å². The summed E-state index contributed by atoms with van der Waals surface area (Å²) in [5, 5.41) is 3.12. The summed E-state index contributed by atoms with van der Waals surface area (Å²) in [6, 6.07) is 16.2. The summed E-state index contributed by atoms with van der Waals surface area (Å²) in [6.07, 6.45) is 0. The molecule has 208 valence electrons. The number of likely N-dealkylation sites (N-methyl/N-ethyl adjacent to an activating group) is 1. The number of amides is 2. The van der Waals surface area contributed by atoms with Crippen LogP contribution in [0.2, 0.25) is 10.0 Å². The summed E-state index contributed by atoms with van der Waals surface area (Å²) >= 11 is 12.7. The number of anilines is 1. The Morgan fingerprint density at radius 3 is 2.15 bits per heavy atom. The van der Waals surface area contributed by atoms with E-state index in [0.29, 0.717) is 21.4 Å². The Kier molecular flexibility index (Phi) is 10.1. The number of halogens is 2. The lowest BCUT2D eigenvalue weighted by Gasteiger charge is -2.32. The maximum absolute atomic E-state index is 13.9. The van der Waals surface area contributed by atoms with Crippen molar-refractivity contribution in [2.75, 3.05) is 32.1 Å². The number of sulfonamides is 1. The van der Waals surface area contributed by atoms with Crippen molar-refractivity contribution in [1.29, 1.82) is 0 Å². The molecule has 3 rings (SSSR count). The smallest absolute Gasteiger partial charge is 0.264 e. The molecule has 0 unspecified atom stereocenters. The molecule has 0 bridgehead atoms. The van der Waals surface area contributed by atoms with Gasteiger partial charge in [0.15, 0.2) is 0 Å². The third-order valence-electron chi connectivity index (χ3n) is 6.07. The molecule has 0 radical (unpaired) electrons. The zero-order valence-corrected chi connectivity index (χ0v) is 24.2. The van der Waals surface area contributed by atoms with Crippen molar-refractivity contribution in [2.24, 2.45) is 0 Å². The van der Waals surface area contributed by atoms with Gasteiger partial charge in [0.2, 0.25) is 11.8 Å². The predicted octanol–water partition coefficient (Wildman–Crippen LogP) is 4.37. The molecule has 12 heteroatoms. The van der Waals surface area contributed by atoms with E-state index in [2.05, 4.69) is 5.32 Å². The molecule has 1 atom stereocenters. The molecule has 0 aliphatic rings. The van der Waals surface area contributed by atoms with E-state index in [9.17, 15) is 18.0 Å². The van der Waals surface area contributed by atoms with Crippen LogP contribution >= 0.6 is 23.2 Å². The number of rotatable bonds is 11. The van der Waals surface area contributed by atoms with E-state index < -0.39 is 34.4 Å². The third kappa shape index (κ3) is 6.76. The summed E-state index contributed by atoms with van der Waals surface area (Å²) in [6.45, 7) is 0.730. The minimum atomic E-state index is -4.28. The van der Waals surface area contributed by atoms with Gasteiger partial charge in [0.1, 0.15) is 24.1 Å². The Labute approximate surface area is 238 Å². The van der Waals surface area contributed by atoms with Crippen LogP contribution in [0.15, 0.2) is 71.6 Å². The highest BCUT2D eigenvalue weighted by Crippen LogP contribution is 2.36. The van der Waals surface area contributed by atoms with E-state index in [0.717, 1.165) is 4.31 Å². The van der Waals surface area contributed by atoms with Gasteiger partial charge in [-0.05, 0) is 43.3 Å². The van der Waals surface area contributed by atoms with Crippen molar-refractivity contribution in [3.05, 3.63) is 82.3 Å². The molecule has 0 saturated carbocycles. The molecular weight excluding hydrogens is 565 g/mol. The number of benzene rings is 3. The zero-order chi connectivity index (χ0) is 28.7. The molecule has 0 aromatic heterocycles. The number of methoxy groups -OCH3 is 2. The van der Waals surface area contributed by atoms with Crippen LogP contribution < -0.4 is 19.1 Å². The summed E-state index contributed by atoms with van der Waals surface area (Å²) in [7, 11) is -0.0156. The normalized spacial score (nSPS) is 11.8. The molecule has 0 spiro atoms. The van der Waals surface area contributed by atoms with Gasteiger partial charge in [-0.15, -0.1) is 0 Å². The van der Waals surface area contributed by atoms with Gasteiger partial charge in [0.25, 0.3) is 10.0 Å². The number of nitrogens with one attached hydrogen (secondary N) is 1. The second kappa shape index (κ2) is 13.1. The quantitative estimate of drug-likeness (QED) is 0.354. The van der Waals surface area contributed by atoms with Crippen LogP contribution in [0.25, 0.3) is 0 Å². The van der Waals surface area contributed by atoms with Crippen molar-refractivity contribution in [3.63, 3.8) is 0 Å². The standard InChI is InChI=1S/C27H29Cl2N3O6S/c1-18(27(34)30-2)31(16-21-22(28)11-8-12-23(21)29)26(33)17-32(39(35,36)20-9-6-5-7-10-20)24-15-19(37-3)13-14-25(24)38-4/h5-15,18H,16-17H2,1-4H3,(H,30,34)/t18-/m1/s1. The molecule has 0 fully saturated rings. The fourth-order valence-electron chi connectivity index (χ4n) is 3.87. The largest absolute Gasteiger partial charge is 0.497 e. The van der Waals surface area contributed by atoms with Crippen molar-refractivity contribution in [2.45, 2.75) is 24.4 Å². The van der Waals surface area contributed by atoms with E-state index >= 15 is 0 Å². The summed E-state index contributed by atoms with van der Waals surface area (Å²) < 4.78 is 39.5. The number of carbonyl (C=O) groups is 2. The first-order valence-corrected chi connectivity index (χ1v) is 14.0. The maximum Gasteiger partial charge on any atom is 0.264 e. The first-order valence-electron chi connectivity index (χ1n) is 11.8. The number of carbonyl (C=O) groups excluding carboxylic acids is 2. The molecule has 1 N–H and O–H groups in total. The highest BCUT2D eigenvalue weighted by Gasteiger charge is 2.34. The SMILES string of the molecule is CNC(=O)[C@@H](C)N(Cc1c(Cl)cccc1Cl)C(=O)CN(c1cc(OC)ccc1OC)S(=O)(=O)c1ccccc1. The zero-order valence-electron chi connectivity index (χ0n) is 21.9. The number of hydrogen-bond acceptors (Lipinski definition) is 6. The maximum atomic E-state index is 13.9. The van der Waals surface area contributed by atoms with Crippen molar-refractivity contribution < 1.29 is 27.5 Å². The van der Waals surface area contributed by atoms with Gasteiger partial charge in [-0.25, -0.2) is 8.42 Å². The lowest BCUT2D eigenvalue weighted by Crippen LogP contribution is -2.50. The Morgan fingerprint density at radius 1 is 0.949 bits per heavy atom.